The number of aromatic nitrogens is 3. The third-order valence-corrected chi connectivity index (χ3v) is 3.95. The lowest BCUT2D eigenvalue weighted by Crippen LogP contribution is -2.49. The molecule has 0 aliphatic rings. The summed E-state index contributed by atoms with van der Waals surface area (Å²) in [5.41, 5.74) is 0.711. The van der Waals surface area contributed by atoms with E-state index < -0.39 is 31.0 Å². The molecule has 0 aromatic carbocycles. The van der Waals surface area contributed by atoms with Gasteiger partial charge < -0.3 is 25.5 Å². The molecule has 0 bridgehead atoms. The van der Waals surface area contributed by atoms with Crippen molar-refractivity contribution < 1.29 is 25.5 Å². The molecule has 0 saturated carbocycles. The SMILES string of the molecule is CCCCCCN(Cc1c[nH]nn1)CC(O)C(O)C(O)C(O)CO. The monoisotopic (exact) mass is 346 g/mol. The minimum absolute atomic E-state index is 0.107. The topological polar surface area (TPSA) is 146 Å². The fraction of sp³-hybridized carbons (Fsp3) is 0.867. The van der Waals surface area contributed by atoms with Crippen molar-refractivity contribution in [3.05, 3.63) is 11.9 Å². The van der Waals surface area contributed by atoms with Crippen LogP contribution in [0.5, 0.6) is 0 Å². The average molecular weight is 346 g/mol. The lowest BCUT2D eigenvalue weighted by molar-refractivity contribution is -0.119. The van der Waals surface area contributed by atoms with E-state index in [-0.39, 0.29) is 6.54 Å². The van der Waals surface area contributed by atoms with Gasteiger partial charge in [0.25, 0.3) is 0 Å². The molecular formula is C15H30N4O5. The highest BCUT2D eigenvalue weighted by Gasteiger charge is 2.31. The first-order chi connectivity index (χ1) is 11.5. The van der Waals surface area contributed by atoms with Crippen LogP contribution in [0.25, 0.3) is 0 Å². The molecule has 0 saturated heterocycles. The van der Waals surface area contributed by atoms with Crippen molar-refractivity contribution in [1.29, 1.82) is 0 Å². The number of unbranched alkanes of at least 4 members (excludes halogenated alkanes) is 3. The van der Waals surface area contributed by atoms with Crippen molar-refractivity contribution in [3.8, 4) is 0 Å². The van der Waals surface area contributed by atoms with E-state index in [1.165, 1.54) is 0 Å². The van der Waals surface area contributed by atoms with Crippen LogP contribution in [0.2, 0.25) is 0 Å². The molecule has 9 nitrogen and oxygen atoms in total. The highest BCUT2D eigenvalue weighted by atomic mass is 16.4. The summed E-state index contributed by atoms with van der Waals surface area (Å²) < 4.78 is 0. The number of aliphatic hydroxyl groups excluding tert-OH is 5. The Labute approximate surface area is 141 Å². The highest BCUT2D eigenvalue weighted by Crippen LogP contribution is 2.10. The van der Waals surface area contributed by atoms with Crippen molar-refractivity contribution in [2.75, 3.05) is 19.7 Å². The maximum absolute atomic E-state index is 10.1. The van der Waals surface area contributed by atoms with E-state index in [0.717, 1.165) is 25.7 Å². The molecular weight excluding hydrogens is 316 g/mol. The van der Waals surface area contributed by atoms with E-state index in [1.807, 2.05) is 4.90 Å². The molecule has 0 aliphatic carbocycles. The van der Waals surface area contributed by atoms with E-state index in [2.05, 4.69) is 22.3 Å². The number of aliphatic hydroxyl groups is 5. The minimum atomic E-state index is -1.61. The molecule has 140 valence electrons. The maximum Gasteiger partial charge on any atom is 0.111 e. The minimum Gasteiger partial charge on any atom is -0.394 e. The lowest BCUT2D eigenvalue weighted by atomic mass is 10.0. The Balaban J connectivity index is 2.57. The molecule has 6 N–H and O–H groups in total. The van der Waals surface area contributed by atoms with Gasteiger partial charge in [-0.2, -0.15) is 0 Å². The number of nitrogens with zero attached hydrogens (tertiary/aromatic N) is 3. The van der Waals surface area contributed by atoms with E-state index in [0.29, 0.717) is 18.8 Å². The van der Waals surface area contributed by atoms with Crippen LogP contribution in [-0.4, -0.2) is 90.0 Å². The Morgan fingerprint density at radius 2 is 1.79 bits per heavy atom. The molecule has 1 aromatic heterocycles. The first-order valence-electron chi connectivity index (χ1n) is 8.40. The van der Waals surface area contributed by atoms with Gasteiger partial charge in [0.15, 0.2) is 0 Å². The second kappa shape index (κ2) is 11.5. The maximum atomic E-state index is 10.1. The largest absolute Gasteiger partial charge is 0.394 e. The van der Waals surface area contributed by atoms with Crippen LogP contribution in [0, 0.1) is 0 Å². The fourth-order valence-corrected chi connectivity index (χ4v) is 2.46. The summed E-state index contributed by atoms with van der Waals surface area (Å²) in [5, 5.41) is 58.2. The summed E-state index contributed by atoms with van der Waals surface area (Å²) in [4.78, 5) is 1.92. The zero-order chi connectivity index (χ0) is 17.9. The summed E-state index contributed by atoms with van der Waals surface area (Å²) in [5.74, 6) is 0. The predicted molar refractivity (Wildman–Crippen MR) is 86.9 cm³/mol. The summed E-state index contributed by atoms with van der Waals surface area (Å²) in [7, 11) is 0. The van der Waals surface area contributed by atoms with Gasteiger partial charge in [0.2, 0.25) is 0 Å². The van der Waals surface area contributed by atoms with Crippen molar-refractivity contribution in [3.63, 3.8) is 0 Å². The zero-order valence-electron chi connectivity index (χ0n) is 14.1. The molecule has 0 amide bonds. The van der Waals surface area contributed by atoms with Gasteiger partial charge in [-0.25, -0.2) is 0 Å². The Hall–Kier alpha value is -1.10. The Morgan fingerprint density at radius 3 is 2.38 bits per heavy atom. The van der Waals surface area contributed by atoms with Crippen molar-refractivity contribution in [2.24, 2.45) is 0 Å². The van der Waals surface area contributed by atoms with Gasteiger partial charge in [0.1, 0.15) is 18.3 Å². The molecule has 4 atom stereocenters. The van der Waals surface area contributed by atoms with E-state index in [9.17, 15) is 20.4 Å². The second-order valence-electron chi connectivity index (χ2n) is 6.06. The standard InChI is InChI=1S/C15H30N4O5/c1-2-3-4-5-6-19(8-11-7-16-18-17-11)9-12(21)14(23)15(24)13(22)10-20/h7,12-15,20-24H,2-6,8-10H2,1H3,(H,16,17,18). The van der Waals surface area contributed by atoms with Crippen molar-refractivity contribution in [2.45, 2.75) is 63.6 Å². The van der Waals surface area contributed by atoms with Gasteiger partial charge in [-0.1, -0.05) is 31.4 Å². The van der Waals surface area contributed by atoms with Crippen LogP contribution in [0.15, 0.2) is 6.20 Å². The summed E-state index contributed by atoms with van der Waals surface area (Å²) in [6.45, 7) is 2.70. The van der Waals surface area contributed by atoms with Crippen LogP contribution in [0.3, 0.4) is 0 Å². The van der Waals surface area contributed by atoms with Gasteiger partial charge in [0, 0.05) is 19.3 Å². The molecule has 1 heterocycles. The smallest absolute Gasteiger partial charge is 0.111 e. The number of hydrogen-bond acceptors (Lipinski definition) is 8. The highest BCUT2D eigenvalue weighted by molar-refractivity contribution is 4.91. The van der Waals surface area contributed by atoms with Crippen LogP contribution in [-0.2, 0) is 6.54 Å². The number of H-pyrrole nitrogens is 1. The second-order valence-corrected chi connectivity index (χ2v) is 6.06. The average Bonchev–Trinajstić information content (AvgIpc) is 3.09. The Morgan fingerprint density at radius 1 is 1.08 bits per heavy atom. The molecule has 0 spiro atoms. The Kier molecular flexibility index (Phi) is 9.99. The number of nitrogens with one attached hydrogen (secondary N) is 1. The predicted octanol–water partition coefficient (Wildman–Crippen LogP) is -1.38. The molecule has 1 aromatic rings. The first kappa shape index (κ1) is 20.9. The molecule has 0 radical (unpaired) electrons. The van der Waals surface area contributed by atoms with Gasteiger partial charge >= 0.3 is 0 Å². The van der Waals surface area contributed by atoms with Crippen molar-refractivity contribution in [1.82, 2.24) is 20.3 Å². The number of rotatable bonds is 13. The van der Waals surface area contributed by atoms with Crippen LogP contribution in [0.1, 0.15) is 38.3 Å². The van der Waals surface area contributed by atoms with Gasteiger partial charge in [0.05, 0.1) is 18.4 Å². The normalized spacial score (nSPS) is 17.0. The quantitative estimate of drug-likeness (QED) is 0.240. The molecule has 0 fully saturated rings. The lowest BCUT2D eigenvalue weighted by Gasteiger charge is -2.30. The van der Waals surface area contributed by atoms with Crippen LogP contribution >= 0.6 is 0 Å². The third kappa shape index (κ3) is 7.20. The van der Waals surface area contributed by atoms with Crippen LogP contribution < -0.4 is 0 Å². The molecule has 24 heavy (non-hydrogen) atoms. The van der Waals surface area contributed by atoms with Gasteiger partial charge in [-0.05, 0) is 13.0 Å². The van der Waals surface area contributed by atoms with Gasteiger partial charge in [-0.3, -0.25) is 10.00 Å². The molecule has 0 aliphatic heterocycles. The number of aromatic amines is 1. The van der Waals surface area contributed by atoms with Crippen molar-refractivity contribution >= 4 is 0 Å². The third-order valence-electron chi connectivity index (χ3n) is 3.95. The van der Waals surface area contributed by atoms with E-state index in [1.54, 1.807) is 6.20 Å². The molecule has 4 unspecified atom stereocenters. The zero-order valence-corrected chi connectivity index (χ0v) is 14.1. The summed E-state index contributed by atoms with van der Waals surface area (Å²) >= 11 is 0. The first-order valence-corrected chi connectivity index (χ1v) is 8.40. The van der Waals surface area contributed by atoms with Gasteiger partial charge in [-0.15, -0.1) is 5.10 Å². The molecule has 9 heteroatoms. The Bertz CT molecular complexity index is 420. The van der Waals surface area contributed by atoms with Crippen LogP contribution in [0.4, 0.5) is 0 Å². The van der Waals surface area contributed by atoms with E-state index >= 15 is 0 Å². The summed E-state index contributed by atoms with van der Waals surface area (Å²) in [6, 6.07) is 0. The summed E-state index contributed by atoms with van der Waals surface area (Å²) in [6.07, 6.45) is -0.0110. The molecule has 1 rings (SSSR count). The number of hydrogen-bond donors (Lipinski definition) is 6. The van der Waals surface area contributed by atoms with E-state index in [4.69, 9.17) is 5.11 Å². The fourth-order valence-electron chi connectivity index (χ4n) is 2.46.